The van der Waals surface area contributed by atoms with Crippen LogP contribution < -0.4 is 10.6 Å². The number of aryl methyl sites for hydroxylation is 1. The summed E-state index contributed by atoms with van der Waals surface area (Å²) in [5.41, 5.74) is 10.8. The molecule has 100 valence electrons. The van der Waals surface area contributed by atoms with Gasteiger partial charge in [-0.15, -0.1) is 0 Å². The fourth-order valence-electron chi connectivity index (χ4n) is 2.22. The van der Waals surface area contributed by atoms with Crippen molar-refractivity contribution in [1.82, 2.24) is 0 Å². The maximum atomic E-state index is 5.64. The molecule has 2 heteroatoms. The van der Waals surface area contributed by atoms with Gasteiger partial charge >= 0.3 is 0 Å². The van der Waals surface area contributed by atoms with E-state index in [9.17, 15) is 0 Å². The minimum atomic E-state index is 0.601. The number of nitrogens with two attached hydrogens (primary N) is 1. The Morgan fingerprint density at radius 3 is 2.26 bits per heavy atom. The van der Waals surface area contributed by atoms with Crippen LogP contribution in [0.15, 0.2) is 48.5 Å². The molecule has 0 unspecified atom stereocenters. The predicted molar refractivity (Wildman–Crippen MR) is 82.2 cm³/mol. The van der Waals surface area contributed by atoms with Gasteiger partial charge in [0.15, 0.2) is 0 Å². The highest BCUT2D eigenvalue weighted by Crippen LogP contribution is 2.19. The molecule has 0 radical (unpaired) electrons. The molecule has 2 N–H and O–H groups in total. The first-order valence-corrected chi connectivity index (χ1v) is 6.83. The second kappa shape index (κ2) is 6.39. The second-order valence-corrected chi connectivity index (χ2v) is 4.81. The highest BCUT2D eigenvalue weighted by Gasteiger charge is 2.06. The molecule has 0 spiro atoms. The molecule has 2 aromatic rings. The van der Waals surface area contributed by atoms with E-state index in [0.717, 1.165) is 13.1 Å². The van der Waals surface area contributed by atoms with Gasteiger partial charge in [0.2, 0.25) is 0 Å². The van der Waals surface area contributed by atoms with Crippen molar-refractivity contribution < 1.29 is 0 Å². The zero-order valence-electron chi connectivity index (χ0n) is 11.8. The monoisotopic (exact) mass is 254 g/mol. The molecule has 2 aromatic carbocycles. The number of rotatable bonds is 5. The average molecular weight is 254 g/mol. The van der Waals surface area contributed by atoms with Gasteiger partial charge in [-0.1, -0.05) is 36.4 Å². The number of anilines is 1. The minimum Gasteiger partial charge on any atom is -0.367 e. The maximum Gasteiger partial charge on any atom is 0.0431 e. The zero-order valence-corrected chi connectivity index (χ0v) is 11.8. The van der Waals surface area contributed by atoms with E-state index in [-0.39, 0.29) is 0 Å². The van der Waals surface area contributed by atoms with E-state index in [0.29, 0.717) is 6.54 Å². The van der Waals surface area contributed by atoms with E-state index in [2.05, 4.69) is 67.3 Å². The van der Waals surface area contributed by atoms with Crippen molar-refractivity contribution in [3.8, 4) is 0 Å². The molecule has 0 aromatic heterocycles. The maximum absolute atomic E-state index is 5.64. The number of hydrogen-bond donors (Lipinski definition) is 1. The lowest BCUT2D eigenvalue weighted by atomic mass is 10.1. The third-order valence-corrected chi connectivity index (χ3v) is 3.54. The Morgan fingerprint density at radius 2 is 1.68 bits per heavy atom. The van der Waals surface area contributed by atoms with Gasteiger partial charge in [-0.05, 0) is 42.7 Å². The molecule has 0 bridgehead atoms. The van der Waals surface area contributed by atoms with Crippen LogP contribution in [0.4, 0.5) is 5.69 Å². The van der Waals surface area contributed by atoms with Crippen molar-refractivity contribution in [3.63, 3.8) is 0 Å². The van der Waals surface area contributed by atoms with Crippen LogP contribution >= 0.6 is 0 Å². The van der Waals surface area contributed by atoms with Crippen molar-refractivity contribution in [2.45, 2.75) is 26.9 Å². The molecule has 0 saturated heterocycles. The summed E-state index contributed by atoms with van der Waals surface area (Å²) in [7, 11) is 0. The molecule has 0 heterocycles. The van der Waals surface area contributed by atoms with Crippen LogP contribution in [0.1, 0.15) is 23.6 Å². The Bertz CT molecular complexity index is 517. The zero-order chi connectivity index (χ0) is 13.7. The van der Waals surface area contributed by atoms with Gasteiger partial charge in [-0.25, -0.2) is 0 Å². The molecule has 2 rings (SSSR count). The Balaban J connectivity index is 2.17. The van der Waals surface area contributed by atoms with Crippen LogP contribution in [0, 0.1) is 6.92 Å². The van der Waals surface area contributed by atoms with E-state index in [1.807, 2.05) is 0 Å². The molecule has 0 atom stereocenters. The van der Waals surface area contributed by atoms with Crippen LogP contribution in [0.5, 0.6) is 0 Å². The fourth-order valence-corrected chi connectivity index (χ4v) is 2.22. The van der Waals surface area contributed by atoms with E-state index in [1.165, 1.54) is 22.4 Å². The van der Waals surface area contributed by atoms with Gasteiger partial charge in [0.05, 0.1) is 0 Å². The van der Waals surface area contributed by atoms with Gasteiger partial charge in [0, 0.05) is 25.3 Å². The molecule has 0 aliphatic rings. The Morgan fingerprint density at radius 1 is 1.00 bits per heavy atom. The van der Waals surface area contributed by atoms with E-state index in [4.69, 9.17) is 5.73 Å². The Labute approximate surface area is 115 Å². The minimum absolute atomic E-state index is 0.601. The third kappa shape index (κ3) is 3.36. The summed E-state index contributed by atoms with van der Waals surface area (Å²) in [5.74, 6) is 0. The van der Waals surface area contributed by atoms with Crippen molar-refractivity contribution in [2.75, 3.05) is 11.4 Å². The van der Waals surface area contributed by atoms with Gasteiger partial charge in [-0.2, -0.15) is 0 Å². The number of hydrogen-bond acceptors (Lipinski definition) is 2. The van der Waals surface area contributed by atoms with Gasteiger partial charge in [0.25, 0.3) is 0 Å². The smallest absolute Gasteiger partial charge is 0.0431 e. The lowest BCUT2D eigenvalue weighted by Gasteiger charge is -2.24. The van der Waals surface area contributed by atoms with Gasteiger partial charge in [0.1, 0.15) is 0 Å². The normalized spacial score (nSPS) is 10.5. The first-order chi connectivity index (χ1) is 9.24. The molecule has 2 nitrogen and oxygen atoms in total. The molecule has 0 aliphatic heterocycles. The SMILES string of the molecule is CCN(Cc1ccccc1C)c1ccc(CN)cc1. The highest BCUT2D eigenvalue weighted by atomic mass is 15.1. The van der Waals surface area contributed by atoms with E-state index in [1.54, 1.807) is 0 Å². The molecule has 0 aliphatic carbocycles. The summed E-state index contributed by atoms with van der Waals surface area (Å²) in [6.45, 7) is 6.90. The lowest BCUT2D eigenvalue weighted by molar-refractivity contribution is 0.826. The van der Waals surface area contributed by atoms with Crippen LogP contribution in [0.25, 0.3) is 0 Å². The van der Waals surface area contributed by atoms with Gasteiger partial charge in [-0.3, -0.25) is 0 Å². The van der Waals surface area contributed by atoms with Crippen LogP contribution in [-0.2, 0) is 13.1 Å². The van der Waals surface area contributed by atoms with Gasteiger partial charge < -0.3 is 10.6 Å². The Hall–Kier alpha value is -1.80. The molecular formula is C17H22N2. The standard InChI is InChI=1S/C17H22N2/c1-3-19(13-16-7-5-4-6-14(16)2)17-10-8-15(12-18)9-11-17/h4-11H,3,12-13,18H2,1-2H3. The van der Waals surface area contributed by atoms with Crippen molar-refractivity contribution in [1.29, 1.82) is 0 Å². The molecular weight excluding hydrogens is 232 g/mol. The summed E-state index contributed by atoms with van der Waals surface area (Å²) in [5, 5.41) is 0. The first-order valence-electron chi connectivity index (χ1n) is 6.83. The number of nitrogens with zero attached hydrogens (tertiary/aromatic N) is 1. The van der Waals surface area contributed by atoms with Crippen molar-refractivity contribution in [2.24, 2.45) is 5.73 Å². The summed E-state index contributed by atoms with van der Waals surface area (Å²) in [6.07, 6.45) is 0. The summed E-state index contributed by atoms with van der Waals surface area (Å²) in [6, 6.07) is 17.1. The largest absolute Gasteiger partial charge is 0.367 e. The first kappa shape index (κ1) is 13.6. The van der Waals surface area contributed by atoms with E-state index >= 15 is 0 Å². The van der Waals surface area contributed by atoms with Crippen LogP contribution in [0.2, 0.25) is 0 Å². The third-order valence-electron chi connectivity index (χ3n) is 3.54. The summed E-state index contributed by atoms with van der Waals surface area (Å²) >= 11 is 0. The summed E-state index contributed by atoms with van der Waals surface area (Å²) in [4.78, 5) is 2.38. The Kier molecular flexibility index (Phi) is 4.58. The summed E-state index contributed by atoms with van der Waals surface area (Å²) < 4.78 is 0. The predicted octanol–water partition coefficient (Wildman–Crippen LogP) is 3.48. The van der Waals surface area contributed by atoms with E-state index < -0.39 is 0 Å². The average Bonchev–Trinajstić information content (AvgIpc) is 2.47. The van der Waals surface area contributed by atoms with Crippen LogP contribution in [-0.4, -0.2) is 6.54 Å². The van der Waals surface area contributed by atoms with Crippen LogP contribution in [0.3, 0.4) is 0 Å². The highest BCUT2D eigenvalue weighted by molar-refractivity contribution is 5.48. The van der Waals surface area contributed by atoms with Crippen molar-refractivity contribution in [3.05, 3.63) is 65.2 Å². The molecule has 0 fully saturated rings. The second-order valence-electron chi connectivity index (χ2n) is 4.81. The molecule has 0 amide bonds. The topological polar surface area (TPSA) is 29.3 Å². The number of benzene rings is 2. The van der Waals surface area contributed by atoms with Crippen molar-refractivity contribution >= 4 is 5.69 Å². The lowest BCUT2D eigenvalue weighted by Crippen LogP contribution is -2.22. The fraction of sp³-hybridized carbons (Fsp3) is 0.294. The molecule has 0 saturated carbocycles. The molecule has 19 heavy (non-hydrogen) atoms. The quantitative estimate of drug-likeness (QED) is 0.885.